The number of hydrogen-bond acceptors (Lipinski definition) is 3. The summed E-state index contributed by atoms with van der Waals surface area (Å²) in [5.74, 6) is -0.0493. The molecule has 0 fully saturated rings. The monoisotopic (exact) mass is 239 g/mol. The molecular weight excluding hydrogens is 222 g/mol. The Morgan fingerprint density at radius 3 is 2.75 bits per heavy atom. The van der Waals surface area contributed by atoms with Crippen molar-refractivity contribution in [2.75, 3.05) is 19.7 Å². The van der Waals surface area contributed by atoms with Gasteiger partial charge in [-0.05, 0) is 24.6 Å². The number of benzene rings is 1. The van der Waals surface area contributed by atoms with E-state index in [4.69, 9.17) is 5.11 Å². The Morgan fingerprint density at radius 1 is 1.44 bits per heavy atom. The average molecular weight is 239 g/mol. The van der Waals surface area contributed by atoms with E-state index in [-0.39, 0.29) is 12.5 Å². The highest BCUT2D eigenvalue weighted by atomic mass is 32.1. The average Bonchev–Trinajstić information content (AvgIpc) is 2.28. The van der Waals surface area contributed by atoms with E-state index in [1.807, 2.05) is 13.0 Å². The van der Waals surface area contributed by atoms with E-state index in [0.29, 0.717) is 18.7 Å². The van der Waals surface area contributed by atoms with Crippen molar-refractivity contribution in [2.24, 2.45) is 0 Å². The molecule has 4 heteroatoms. The van der Waals surface area contributed by atoms with E-state index in [2.05, 4.69) is 12.6 Å². The molecule has 1 rings (SSSR count). The Morgan fingerprint density at radius 2 is 2.19 bits per heavy atom. The summed E-state index contributed by atoms with van der Waals surface area (Å²) < 4.78 is 0. The van der Waals surface area contributed by atoms with Crippen LogP contribution in [0, 0.1) is 0 Å². The third-order valence-corrected chi connectivity index (χ3v) is 2.52. The number of rotatable bonds is 5. The van der Waals surface area contributed by atoms with E-state index in [1.165, 1.54) is 0 Å². The van der Waals surface area contributed by atoms with E-state index in [0.717, 1.165) is 11.3 Å². The molecule has 0 aromatic heterocycles. The normalized spacial score (nSPS) is 10.2. The molecule has 0 saturated carbocycles. The van der Waals surface area contributed by atoms with Crippen molar-refractivity contribution in [3.8, 4) is 0 Å². The van der Waals surface area contributed by atoms with Crippen LogP contribution in [0.15, 0.2) is 29.2 Å². The molecule has 1 aromatic rings. The van der Waals surface area contributed by atoms with Crippen LogP contribution in [0.25, 0.3) is 0 Å². The lowest BCUT2D eigenvalue weighted by Crippen LogP contribution is -2.34. The second-order valence-corrected chi connectivity index (χ2v) is 4.08. The van der Waals surface area contributed by atoms with Gasteiger partial charge in [-0.15, -0.1) is 12.6 Å². The lowest BCUT2D eigenvalue weighted by Gasteiger charge is -2.21. The van der Waals surface area contributed by atoms with Crippen LogP contribution in [-0.4, -0.2) is 35.6 Å². The van der Waals surface area contributed by atoms with Crippen molar-refractivity contribution in [2.45, 2.75) is 18.2 Å². The van der Waals surface area contributed by atoms with Gasteiger partial charge in [-0.25, -0.2) is 0 Å². The van der Waals surface area contributed by atoms with Gasteiger partial charge in [0, 0.05) is 23.5 Å². The summed E-state index contributed by atoms with van der Waals surface area (Å²) in [4.78, 5) is 14.5. The third kappa shape index (κ3) is 3.54. The largest absolute Gasteiger partial charge is 0.395 e. The first-order chi connectivity index (χ1) is 7.69. The predicted octanol–water partition coefficient (Wildman–Crippen LogP) is 1.82. The van der Waals surface area contributed by atoms with Crippen LogP contribution < -0.4 is 0 Å². The number of nitrogens with zero attached hydrogens (tertiary/aromatic N) is 1. The Balaban J connectivity index is 2.81. The molecule has 0 atom stereocenters. The van der Waals surface area contributed by atoms with Gasteiger partial charge in [-0.2, -0.15) is 0 Å². The molecule has 1 aromatic carbocycles. The van der Waals surface area contributed by atoms with Crippen LogP contribution in [0.3, 0.4) is 0 Å². The van der Waals surface area contributed by atoms with Crippen LogP contribution in [0.4, 0.5) is 0 Å². The van der Waals surface area contributed by atoms with Gasteiger partial charge in [0.1, 0.15) is 0 Å². The summed E-state index contributed by atoms with van der Waals surface area (Å²) in [6, 6.07) is 7.14. The molecule has 3 nitrogen and oxygen atoms in total. The maximum atomic E-state index is 12.1. The number of aliphatic hydroxyl groups is 1. The summed E-state index contributed by atoms with van der Waals surface area (Å²) in [6.45, 7) is 3.04. The van der Waals surface area contributed by atoms with Crippen LogP contribution in [0.5, 0.6) is 0 Å². The van der Waals surface area contributed by atoms with Gasteiger partial charge in [0.15, 0.2) is 0 Å². The van der Waals surface area contributed by atoms with E-state index in [1.54, 1.807) is 23.1 Å². The molecule has 0 aliphatic carbocycles. The Kier molecular flexibility index (Phi) is 5.35. The predicted molar refractivity (Wildman–Crippen MR) is 67.0 cm³/mol. The third-order valence-electron chi connectivity index (χ3n) is 2.24. The first kappa shape index (κ1) is 13.1. The zero-order valence-electron chi connectivity index (χ0n) is 9.39. The lowest BCUT2D eigenvalue weighted by atomic mass is 10.2. The molecule has 0 aliphatic heterocycles. The second kappa shape index (κ2) is 6.55. The molecule has 16 heavy (non-hydrogen) atoms. The second-order valence-electron chi connectivity index (χ2n) is 3.57. The van der Waals surface area contributed by atoms with Crippen LogP contribution in [0.1, 0.15) is 23.7 Å². The SMILES string of the molecule is CCCN(CCO)C(=O)c1cccc(S)c1. The molecule has 0 bridgehead atoms. The van der Waals surface area contributed by atoms with Crippen LogP contribution >= 0.6 is 12.6 Å². The maximum Gasteiger partial charge on any atom is 0.253 e. The number of amides is 1. The number of thiol groups is 1. The minimum Gasteiger partial charge on any atom is -0.395 e. The van der Waals surface area contributed by atoms with Crippen molar-refractivity contribution in [1.29, 1.82) is 0 Å². The van der Waals surface area contributed by atoms with Gasteiger partial charge >= 0.3 is 0 Å². The van der Waals surface area contributed by atoms with Crippen LogP contribution in [0.2, 0.25) is 0 Å². The topological polar surface area (TPSA) is 40.5 Å². The molecule has 0 unspecified atom stereocenters. The van der Waals surface area contributed by atoms with Crippen molar-refractivity contribution < 1.29 is 9.90 Å². The van der Waals surface area contributed by atoms with Crippen molar-refractivity contribution in [3.05, 3.63) is 29.8 Å². The fourth-order valence-corrected chi connectivity index (χ4v) is 1.75. The van der Waals surface area contributed by atoms with Crippen LogP contribution in [-0.2, 0) is 0 Å². The first-order valence-corrected chi connectivity index (χ1v) is 5.83. The highest BCUT2D eigenvalue weighted by Gasteiger charge is 2.14. The molecule has 0 heterocycles. The van der Waals surface area contributed by atoms with Gasteiger partial charge in [0.2, 0.25) is 0 Å². The van der Waals surface area contributed by atoms with Gasteiger partial charge in [-0.3, -0.25) is 4.79 Å². The summed E-state index contributed by atoms with van der Waals surface area (Å²) in [7, 11) is 0. The highest BCUT2D eigenvalue weighted by molar-refractivity contribution is 7.80. The number of aliphatic hydroxyl groups excluding tert-OH is 1. The van der Waals surface area contributed by atoms with Crippen molar-refractivity contribution >= 4 is 18.5 Å². The Labute approximate surface area is 101 Å². The standard InChI is InChI=1S/C12H17NO2S/c1-2-6-13(7-8-14)12(15)10-4-3-5-11(16)9-10/h3-5,9,14,16H,2,6-8H2,1H3. The van der Waals surface area contributed by atoms with Gasteiger partial charge in [-0.1, -0.05) is 13.0 Å². The molecule has 88 valence electrons. The summed E-state index contributed by atoms with van der Waals surface area (Å²) in [6.07, 6.45) is 0.881. The molecule has 0 radical (unpaired) electrons. The smallest absolute Gasteiger partial charge is 0.253 e. The molecule has 1 amide bonds. The maximum absolute atomic E-state index is 12.1. The van der Waals surface area contributed by atoms with Crippen molar-refractivity contribution in [3.63, 3.8) is 0 Å². The molecular formula is C12H17NO2S. The molecule has 0 spiro atoms. The molecule has 0 saturated heterocycles. The minimum atomic E-state index is -0.0493. The quantitative estimate of drug-likeness (QED) is 0.770. The van der Waals surface area contributed by atoms with E-state index < -0.39 is 0 Å². The zero-order chi connectivity index (χ0) is 12.0. The fourth-order valence-electron chi connectivity index (χ4n) is 1.53. The zero-order valence-corrected chi connectivity index (χ0v) is 10.3. The Bertz CT molecular complexity index is 349. The summed E-state index contributed by atoms with van der Waals surface area (Å²) >= 11 is 4.20. The van der Waals surface area contributed by atoms with Gasteiger partial charge in [0.25, 0.3) is 5.91 Å². The fraction of sp³-hybridized carbons (Fsp3) is 0.417. The lowest BCUT2D eigenvalue weighted by molar-refractivity contribution is 0.0721. The first-order valence-electron chi connectivity index (χ1n) is 5.38. The molecule has 0 aliphatic rings. The molecule has 1 N–H and O–H groups in total. The van der Waals surface area contributed by atoms with E-state index >= 15 is 0 Å². The highest BCUT2D eigenvalue weighted by Crippen LogP contribution is 2.11. The van der Waals surface area contributed by atoms with E-state index in [9.17, 15) is 4.79 Å². The number of carbonyl (C=O) groups excluding carboxylic acids is 1. The van der Waals surface area contributed by atoms with Gasteiger partial charge in [0.05, 0.1) is 6.61 Å². The van der Waals surface area contributed by atoms with Gasteiger partial charge < -0.3 is 10.0 Å². The summed E-state index contributed by atoms with van der Waals surface area (Å²) in [5.41, 5.74) is 0.620. The number of hydrogen-bond donors (Lipinski definition) is 2. The van der Waals surface area contributed by atoms with Crippen molar-refractivity contribution in [1.82, 2.24) is 4.90 Å². The number of carbonyl (C=O) groups is 1. The minimum absolute atomic E-state index is 0.00763. The Hall–Kier alpha value is -1.00. The summed E-state index contributed by atoms with van der Waals surface area (Å²) in [5, 5.41) is 8.90.